The van der Waals surface area contributed by atoms with E-state index in [1.807, 2.05) is 13.8 Å². The largest absolute Gasteiger partial charge is 0.328 e. The Morgan fingerprint density at radius 2 is 1.90 bits per heavy atom. The van der Waals surface area contributed by atoms with Gasteiger partial charge in [0.25, 0.3) is 0 Å². The lowest BCUT2D eigenvalue weighted by Gasteiger charge is -2.50. The van der Waals surface area contributed by atoms with Crippen LogP contribution >= 0.6 is 0 Å². The molecule has 4 aliphatic heterocycles. The quantitative estimate of drug-likeness (QED) is 0.638. The van der Waals surface area contributed by atoms with Crippen LogP contribution in [0.2, 0.25) is 0 Å². The Morgan fingerprint density at radius 3 is 2.65 bits per heavy atom. The van der Waals surface area contributed by atoms with Gasteiger partial charge in [-0.3, -0.25) is 0 Å². The molecular weight excluding hydrogens is 258 g/mol. The number of fused-ring (bicyclic) bond motifs is 2. The lowest BCUT2D eigenvalue weighted by atomic mass is 9.60. The van der Waals surface area contributed by atoms with E-state index in [4.69, 9.17) is 19.2 Å². The molecule has 5 nitrogen and oxygen atoms in total. The maximum atomic E-state index is 9.58. The summed E-state index contributed by atoms with van der Waals surface area (Å²) in [6, 6.07) is 2.34. The minimum Gasteiger partial charge on any atom is -0.328 e. The molecule has 4 heterocycles. The second-order valence-corrected chi connectivity index (χ2v) is 7.19. The van der Waals surface area contributed by atoms with Crippen molar-refractivity contribution in [1.82, 2.24) is 0 Å². The highest BCUT2D eigenvalue weighted by molar-refractivity contribution is 5.20. The van der Waals surface area contributed by atoms with E-state index >= 15 is 0 Å². The molecule has 0 radical (unpaired) electrons. The predicted molar refractivity (Wildman–Crippen MR) is 67.9 cm³/mol. The second kappa shape index (κ2) is 3.75. The Kier molecular flexibility index (Phi) is 2.44. The molecule has 0 amide bonds. The van der Waals surface area contributed by atoms with E-state index < -0.39 is 23.3 Å². The molecule has 5 fully saturated rings. The van der Waals surface area contributed by atoms with Crippen molar-refractivity contribution in [3.63, 3.8) is 0 Å². The first-order chi connectivity index (χ1) is 9.44. The molecular formula is C15H21NO4. The Bertz CT molecular complexity index is 491. The van der Waals surface area contributed by atoms with Crippen molar-refractivity contribution in [2.45, 2.75) is 69.7 Å². The van der Waals surface area contributed by atoms with Crippen LogP contribution in [-0.4, -0.2) is 23.3 Å². The smallest absolute Gasteiger partial charge is 0.201 e. The van der Waals surface area contributed by atoms with E-state index in [-0.39, 0.29) is 5.92 Å². The van der Waals surface area contributed by atoms with E-state index in [0.717, 1.165) is 25.7 Å². The molecule has 1 spiro atoms. The molecule has 0 aromatic rings. The average molecular weight is 279 g/mol. The third-order valence-corrected chi connectivity index (χ3v) is 5.96. The number of rotatable bonds is 0. The van der Waals surface area contributed by atoms with Crippen LogP contribution in [0.25, 0.3) is 0 Å². The molecule has 4 saturated heterocycles. The first kappa shape index (κ1) is 13.0. The third kappa shape index (κ3) is 1.36. The van der Waals surface area contributed by atoms with Gasteiger partial charge in [-0.1, -0.05) is 6.92 Å². The van der Waals surface area contributed by atoms with Gasteiger partial charge in [0, 0.05) is 12.3 Å². The van der Waals surface area contributed by atoms with Gasteiger partial charge >= 0.3 is 0 Å². The van der Waals surface area contributed by atoms with Crippen LogP contribution in [0.4, 0.5) is 0 Å². The van der Waals surface area contributed by atoms with Crippen LogP contribution in [0.5, 0.6) is 0 Å². The molecule has 0 N–H and O–H groups in total. The molecule has 2 bridgehead atoms. The minimum absolute atomic E-state index is 0.00819. The summed E-state index contributed by atoms with van der Waals surface area (Å²) in [5.74, 6) is 0.115. The molecule has 0 aromatic heterocycles. The van der Waals surface area contributed by atoms with Gasteiger partial charge in [-0.15, -0.1) is 0 Å². The normalized spacial score (nSPS) is 60.7. The molecule has 5 heteroatoms. The molecule has 1 saturated carbocycles. The van der Waals surface area contributed by atoms with Crippen LogP contribution < -0.4 is 0 Å². The SMILES string of the molecule is C[C@@H]1CC[C@@H]2[C@]34OO[C@](C)(CC[C@@H]13)O[C@H]4O[C@@]2(C)C#N. The average Bonchev–Trinajstić information content (AvgIpc) is 2.51. The van der Waals surface area contributed by atoms with Crippen LogP contribution in [0.1, 0.15) is 46.5 Å². The molecule has 1 aliphatic carbocycles. The maximum absolute atomic E-state index is 9.58. The summed E-state index contributed by atoms with van der Waals surface area (Å²) in [5, 5.41) is 9.58. The first-order valence-electron chi connectivity index (χ1n) is 7.57. The lowest BCUT2D eigenvalue weighted by Crippen LogP contribution is -2.61. The highest BCUT2D eigenvalue weighted by Gasteiger charge is 2.74. The summed E-state index contributed by atoms with van der Waals surface area (Å²) >= 11 is 0. The molecule has 5 aliphatic rings. The minimum atomic E-state index is -0.852. The van der Waals surface area contributed by atoms with Crippen molar-refractivity contribution >= 4 is 0 Å². The third-order valence-electron chi connectivity index (χ3n) is 5.96. The summed E-state index contributed by atoms with van der Waals surface area (Å²) in [4.78, 5) is 11.6. The Hall–Kier alpha value is -0.670. The Labute approximate surface area is 119 Å². The van der Waals surface area contributed by atoms with Gasteiger partial charge in [-0.05, 0) is 44.9 Å². The van der Waals surface area contributed by atoms with E-state index in [2.05, 4.69) is 13.0 Å². The molecule has 7 atom stereocenters. The number of nitrogens with zero attached hydrogens (tertiary/aromatic N) is 1. The zero-order valence-corrected chi connectivity index (χ0v) is 12.2. The standard InChI is InChI=1S/C15H21NO4/c1-9-4-5-11-13(2,8-16)17-12-15(11)10(9)6-7-14(3,18-12)19-20-15/h9-12H,4-7H2,1-3H3/t9-,10+,11+,12-,13+,14-,15-/m1/s1. The predicted octanol–water partition coefficient (Wildman–Crippen LogP) is 2.51. The van der Waals surface area contributed by atoms with Gasteiger partial charge < -0.3 is 9.47 Å². The van der Waals surface area contributed by atoms with Gasteiger partial charge in [-0.25, -0.2) is 9.78 Å². The molecule has 5 rings (SSSR count). The summed E-state index contributed by atoms with van der Waals surface area (Å²) in [6.07, 6.45) is 3.33. The molecule has 0 unspecified atom stereocenters. The van der Waals surface area contributed by atoms with Crippen molar-refractivity contribution in [2.24, 2.45) is 17.8 Å². The van der Waals surface area contributed by atoms with Crippen LogP contribution in [0.15, 0.2) is 0 Å². The Balaban J connectivity index is 1.86. The van der Waals surface area contributed by atoms with Crippen molar-refractivity contribution < 1.29 is 19.2 Å². The van der Waals surface area contributed by atoms with Crippen LogP contribution in [0, 0.1) is 29.1 Å². The zero-order valence-electron chi connectivity index (χ0n) is 12.2. The topological polar surface area (TPSA) is 60.7 Å². The monoisotopic (exact) mass is 279 g/mol. The molecule has 0 aromatic carbocycles. The van der Waals surface area contributed by atoms with E-state index in [1.165, 1.54) is 0 Å². The van der Waals surface area contributed by atoms with E-state index in [9.17, 15) is 5.26 Å². The van der Waals surface area contributed by atoms with Crippen molar-refractivity contribution in [1.29, 1.82) is 5.26 Å². The fraction of sp³-hybridized carbons (Fsp3) is 0.933. The van der Waals surface area contributed by atoms with E-state index in [1.54, 1.807) is 0 Å². The van der Waals surface area contributed by atoms with E-state index in [0.29, 0.717) is 11.8 Å². The van der Waals surface area contributed by atoms with Crippen molar-refractivity contribution in [3.8, 4) is 6.07 Å². The zero-order chi connectivity index (χ0) is 14.2. The van der Waals surface area contributed by atoms with Gasteiger partial charge in [0.2, 0.25) is 5.79 Å². The molecule has 110 valence electrons. The molecule has 20 heavy (non-hydrogen) atoms. The summed E-state index contributed by atoms with van der Waals surface area (Å²) in [7, 11) is 0. The number of nitriles is 1. The van der Waals surface area contributed by atoms with Crippen LogP contribution in [0.3, 0.4) is 0 Å². The van der Waals surface area contributed by atoms with Crippen molar-refractivity contribution in [3.05, 3.63) is 0 Å². The summed E-state index contributed by atoms with van der Waals surface area (Å²) < 4.78 is 12.1. The fourth-order valence-corrected chi connectivity index (χ4v) is 4.82. The number of ether oxygens (including phenoxy) is 2. The summed E-state index contributed by atoms with van der Waals surface area (Å²) in [5.41, 5.74) is -1.47. The Morgan fingerprint density at radius 1 is 1.10 bits per heavy atom. The number of hydrogen-bond donors (Lipinski definition) is 0. The second-order valence-electron chi connectivity index (χ2n) is 7.19. The van der Waals surface area contributed by atoms with Gasteiger partial charge in [0.05, 0.1) is 6.07 Å². The van der Waals surface area contributed by atoms with Gasteiger partial charge in [-0.2, -0.15) is 5.26 Å². The number of hydrogen-bond acceptors (Lipinski definition) is 5. The van der Waals surface area contributed by atoms with Gasteiger partial charge in [0.1, 0.15) is 0 Å². The van der Waals surface area contributed by atoms with Gasteiger partial charge in [0.15, 0.2) is 17.5 Å². The maximum Gasteiger partial charge on any atom is 0.201 e. The first-order valence-corrected chi connectivity index (χ1v) is 7.57. The van der Waals surface area contributed by atoms with Crippen molar-refractivity contribution in [2.75, 3.05) is 0 Å². The fourth-order valence-electron chi connectivity index (χ4n) is 4.82. The summed E-state index contributed by atoms with van der Waals surface area (Å²) in [6.45, 7) is 6.01. The lowest BCUT2D eigenvalue weighted by molar-refractivity contribution is -0.541. The highest BCUT2D eigenvalue weighted by atomic mass is 17.3. The highest BCUT2D eigenvalue weighted by Crippen LogP contribution is 2.63. The van der Waals surface area contributed by atoms with Crippen LogP contribution in [-0.2, 0) is 19.2 Å².